The molecule has 0 saturated carbocycles. The Morgan fingerprint density at radius 3 is 2.72 bits per heavy atom. The molecule has 0 unspecified atom stereocenters. The molecular formula is C22H23N5O2. The van der Waals surface area contributed by atoms with E-state index in [1.54, 1.807) is 22.9 Å². The lowest BCUT2D eigenvalue weighted by atomic mass is 10.2. The average molecular weight is 389 g/mol. The van der Waals surface area contributed by atoms with Gasteiger partial charge in [0.1, 0.15) is 18.0 Å². The van der Waals surface area contributed by atoms with E-state index in [4.69, 9.17) is 4.74 Å². The molecule has 3 aromatic heterocycles. The minimum Gasteiger partial charge on any atom is -0.487 e. The van der Waals surface area contributed by atoms with E-state index in [0.717, 1.165) is 28.4 Å². The van der Waals surface area contributed by atoms with E-state index < -0.39 is 0 Å². The molecule has 7 heteroatoms. The second-order valence-corrected chi connectivity index (χ2v) is 7.14. The fourth-order valence-corrected chi connectivity index (χ4v) is 3.25. The van der Waals surface area contributed by atoms with Gasteiger partial charge in [-0.2, -0.15) is 5.10 Å². The van der Waals surface area contributed by atoms with E-state index in [2.05, 4.69) is 15.4 Å². The summed E-state index contributed by atoms with van der Waals surface area (Å²) in [7, 11) is 1.85. The number of carbonyl (C=O) groups excluding carboxylic acids is 1. The lowest BCUT2D eigenvalue weighted by Gasteiger charge is -2.08. The van der Waals surface area contributed by atoms with Crippen molar-refractivity contribution in [2.75, 3.05) is 5.32 Å². The Morgan fingerprint density at radius 2 is 1.97 bits per heavy atom. The average Bonchev–Trinajstić information content (AvgIpc) is 3.21. The second kappa shape index (κ2) is 7.43. The zero-order valence-corrected chi connectivity index (χ0v) is 16.9. The van der Waals surface area contributed by atoms with Crippen molar-refractivity contribution in [1.29, 1.82) is 0 Å². The van der Waals surface area contributed by atoms with E-state index in [1.807, 2.05) is 62.8 Å². The zero-order valence-electron chi connectivity index (χ0n) is 16.9. The lowest BCUT2D eigenvalue weighted by Crippen LogP contribution is -2.13. The number of ether oxygens (including phenoxy) is 1. The standard InChI is InChI=1S/C22H23N5O2/c1-14-8-9-20-23-18(12-27(20)11-14)13-29-19-7-5-6-17(10-19)22(28)24-21-15(2)25-26(4)16(21)3/h5-12H,13H2,1-4H3,(H,24,28). The fraction of sp³-hybridized carbons (Fsp3) is 0.227. The van der Waals surface area contributed by atoms with E-state index in [1.165, 1.54) is 5.56 Å². The van der Waals surface area contributed by atoms with Gasteiger partial charge in [-0.25, -0.2) is 4.98 Å². The van der Waals surface area contributed by atoms with Gasteiger partial charge in [-0.3, -0.25) is 9.48 Å². The van der Waals surface area contributed by atoms with E-state index in [-0.39, 0.29) is 5.91 Å². The molecule has 0 radical (unpaired) electrons. The van der Waals surface area contributed by atoms with Gasteiger partial charge in [-0.05, 0) is 50.6 Å². The number of anilines is 1. The van der Waals surface area contributed by atoms with Gasteiger partial charge in [0.15, 0.2) is 0 Å². The van der Waals surface area contributed by atoms with Crippen LogP contribution >= 0.6 is 0 Å². The van der Waals surface area contributed by atoms with Crippen molar-refractivity contribution in [3.8, 4) is 5.75 Å². The number of benzene rings is 1. The van der Waals surface area contributed by atoms with Crippen LogP contribution in [0, 0.1) is 20.8 Å². The summed E-state index contributed by atoms with van der Waals surface area (Å²) >= 11 is 0. The highest BCUT2D eigenvalue weighted by Crippen LogP contribution is 2.21. The number of hydrogen-bond donors (Lipinski definition) is 1. The first-order chi connectivity index (χ1) is 13.9. The fourth-order valence-electron chi connectivity index (χ4n) is 3.25. The molecule has 0 aliphatic rings. The maximum Gasteiger partial charge on any atom is 0.255 e. The second-order valence-electron chi connectivity index (χ2n) is 7.14. The summed E-state index contributed by atoms with van der Waals surface area (Å²) in [4.78, 5) is 17.2. The van der Waals surface area contributed by atoms with Crippen LogP contribution < -0.4 is 10.1 Å². The van der Waals surface area contributed by atoms with Crippen LogP contribution in [0.4, 0.5) is 5.69 Å². The number of pyridine rings is 1. The first kappa shape index (κ1) is 18.7. The molecule has 1 aromatic carbocycles. The van der Waals surface area contributed by atoms with Crippen molar-refractivity contribution in [3.63, 3.8) is 0 Å². The molecule has 0 bridgehead atoms. The summed E-state index contributed by atoms with van der Waals surface area (Å²) in [6, 6.07) is 11.1. The number of aryl methyl sites for hydroxylation is 3. The highest BCUT2D eigenvalue weighted by molar-refractivity contribution is 6.05. The molecule has 4 aromatic rings. The molecule has 4 rings (SSSR count). The van der Waals surface area contributed by atoms with Crippen LogP contribution in [0.1, 0.15) is 33.0 Å². The van der Waals surface area contributed by atoms with Gasteiger partial charge in [0, 0.05) is 25.0 Å². The molecule has 3 heterocycles. The molecular weight excluding hydrogens is 366 g/mol. The Kier molecular flexibility index (Phi) is 4.80. The molecule has 0 fully saturated rings. The normalized spacial score (nSPS) is 11.0. The third-order valence-electron chi connectivity index (χ3n) is 4.88. The quantitative estimate of drug-likeness (QED) is 0.563. The Balaban J connectivity index is 1.47. The van der Waals surface area contributed by atoms with Gasteiger partial charge in [0.25, 0.3) is 5.91 Å². The monoisotopic (exact) mass is 389 g/mol. The third-order valence-corrected chi connectivity index (χ3v) is 4.88. The van der Waals surface area contributed by atoms with Crippen LogP contribution in [0.5, 0.6) is 5.75 Å². The van der Waals surface area contributed by atoms with Gasteiger partial charge in [0.2, 0.25) is 0 Å². The predicted molar refractivity (Wildman–Crippen MR) is 111 cm³/mol. The van der Waals surface area contributed by atoms with Crippen molar-refractivity contribution in [2.45, 2.75) is 27.4 Å². The van der Waals surface area contributed by atoms with Crippen LogP contribution in [0.25, 0.3) is 5.65 Å². The number of aromatic nitrogens is 4. The summed E-state index contributed by atoms with van der Waals surface area (Å²) in [5.74, 6) is 0.420. The van der Waals surface area contributed by atoms with Crippen molar-refractivity contribution >= 4 is 17.2 Å². The number of nitrogens with zero attached hydrogens (tertiary/aromatic N) is 4. The summed E-state index contributed by atoms with van der Waals surface area (Å²) < 4.78 is 9.61. The lowest BCUT2D eigenvalue weighted by molar-refractivity contribution is 0.102. The summed E-state index contributed by atoms with van der Waals surface area (Å²) in [6.07, 6.45) is 3.98. The minimum absolute atomic E-state index is 0.196. The number of rotatable bonds is 5. The molecule has 0 aliphatic heterocycles. The molecule has 7 nitrogen and oxygen atoms in total. The highest BCUT2D eigenvalue weighted by Gasteiger charge is 2.14. The maximum atomic E-state index is 12.7. The summed E-state index contributed by atoms with van der Waals surface area (Å²) in [5, 5.41) is 7.28. The smallest absolute Gasteiger partial charge is 0.255 e. The number of nitrogens with one attached hydrogen (secondary N) is 1. The number of imidazole rings is 1. The summed E-state index contributed by atoms with van der Waals surface area (Å²) in [5.41, 5.74) is 5.83. The topological polar surface area (TPSA) is 73.4 Å². The molecule has 1 N–H and O–H groups in total. The molecule has 0 aliphatic carbocycles. The predicted octanol–water partition coefficient (Wildman–Crippen LogP) is 3.82. The van der Waals surface area contributed by atoms with Crippen molar-refractivity contribution in [1.82, 2.24) is 19.2 Å². The van der Waals surface area contributed by atoms with Crippen LogP contribution in [0.15, 0.2) is 48.8 Å². The Morgan fingerprint density at radius 1 is 1.14 bits per heavy atom. The van der Waals surface area contributed by atoms with Crippen LogP contribution in [-0.4, -0.2) is 25.1 Å². The van der Waals surface area contributed by atoms with Gasteiger partial charge < -0.3 is 14.5 Å². The van der Waals surface area contributed by atoms with Crippen molar-refractivity contribution < 1.29 is 9.53 Å². The van der Waals surface area contributed by atoms with Crippen molar-refractivity contribution in [3.05, 3.63) is 77.0 Å². The molecule has 1 amide bonds. The van der Waals surface area contributed by atoms with Gasteiger partial charge in [-0.15, -0.1) is 0 Å². The zero-order chi connectivity index (χ0) is 20.5. The van der Waals surface area contributed by atoms with Gasteiger partial charge in [-0.1, -0.05) is 12.1 Å². The first-order valence-corrected chi connectivity index (χ1v) is 9.39. The SMILES string of the molecule is Cc1ccc2nc(COc3cccc(C(=O)Nc4c(C)nn(C)c4C)c3)cn2c1. The van der Waals surface area contributed by atoms with E-state index in [9.17, 15) is 4.79 Å². The number of amides is 1. The molecule has 0 spiro atoms. The molecule has 29 heavy (non-hydrogen) atoms. The van der Waals surface area contributed by atoms with Gasteiger partial charge >= 0.3 is 0 Å². The highest BCUT2D eigenvalue weighted by atomic mass is 16.5. The minimum atomic E-state index is -0.196. The molecule has 0 atom stereocenters. The largest absolute Gasteiger partial charge is 0.487 e. The number of fused-ring (bicyclic) bond motifs is 1. The third kappa shape index (κ3) is 3.85. The van der Waals surface area contributed by atoms with E-state index >= 15 is 0 Å². The maximum absolute atomic E-state index is 12.7. The Labute approximate surface area is 169 Å². The Hall–Kier alpha value is -3.61. The van der Waals surface area contributed by atoms with E-state index in [0.29, 0.717) is 17.9 Å². The first-order valence-electron chi connectivity index (χ1n) is 9.39. The number of carbonyl (C=O) groups is 1. The van der Waals surface area contributed by atoms with Crippen LogP contribution in [-0.2, 0) is 13.7 Å². The Bertz CT molecular complexity index is 1210. The van der Waals surface area contributed by atoms with Gasteiger partial charge in [0.05, 0.1) is 22.8 Å². The summed E-state index contributed by atoms with van der Waals surface area (Å²) in [6.45, 7) is 6.16. The molecule has 0 saturated heterocycles. The van der Waals surface area contributed by atoms with Crippen LogP contribution in [0.3, 0.4) is 0 Å². The number of hydrogen-bond acceptors (Lipinski definition) is 4. The van der Waals surface area contributed by atoms with Crippen LogP contribution in [0.2, 0.25) is 0 Å². The molecule has 148 valence electrons. The van der Waals surface area contributed by atoms with Crippen molar-refractivity contribution in [2.24, 2.45) is 7.05 Å².